The highest BCUT2D eigenvalue weighted by Crippen LogP contribution is 2.30. The van der Waals surface area contributed by atoms with E-state index in [1.54, 1.807) is 0 Å². The highest BCUT2D eigenvalue weighted by Gasteiger charge is 2.28. The summed E-state index contributed by atoms with van der Waals surface area (Å²) in [5.74, 6) is -1.19. The molecule has 0 unspecified atom stereocenters. The molecule has 252 valence electrons. The van der Waals surface area contributed by atoms with E-state index >= 15 is 0 Å². The number of oxazole rings is 1. The fraction of sp³-hybridized carbons (Fsp3) is 0.486. The number of rotatable bonds is 18. The molecule has 1 atom stereocenters. The van der Waals surface area contributed by atoms with E-state index in [1.165, 1.54) is 19.3 Å². The van der Waals surface area contributed by atoms with Crippen LogP contribution in [-0.2, 0) is 14.4 Å². The number of aromatic nitrogens is 1. The molecule has 1 aliphatic carbocycles. The van der Waals surface area contributed by atoms with Crippen molar-refractivity contribution < 1.29 is 28.7 Å². The Hall–Kier alpha value is -4.47. The lowest BCUT2D eigenvalue weighted by Gasteiger charge is -2.29. The average molecular weight is 645 g/mol. The number of carbonyl (C=O) groups is 4. The topological polar surface area (TPSA) is 151 Å². The first kappa shape index (κ1) is 35.4. The number of carboxylic acids is 1. The molecule has 10 nitrogen and oxygen atoms in total. The number of carbonyl (C=O) groups excluding carboxylic acids is 3. The van der Waals surface area contributed by atoms with Gasteiger partial charge in [-0.1, -0.05) is 94.0 Å². The van der Waals surface area contributed by atoms with Crippen LogP contribution in [0.1, 0.15) is 107 Å². The molecule has 0 spiro atoms. The standard InChI is InChI=1S/C37H48N4O6/c1-2-3-4-5-6-7-14-19-31(42)40-30(37(45)46)24-25-32(43)38-28-20-22-29(23-21-28)39-35(44)33-34(26-15-10-8-11-16-26)47-36(41-33)27-17-12-9-13-18-27/h8-13,15-18,28-30H,2-7,14,19-25H2,1H3,(H,38,43)(H,39,44)(H,40,42)(H,45,46)/t28?,29?,30-/m0/s1. The number of aliphatic carboxylic acids is 1. The lowest BCUT2D eigenvalue weighted by Crippen LogP contribution is -2.45. The van der Waals surface area contributed by atoms with Crippen molar-refractivity contribution in [3.63, 3.8) is 0 Å². The zero-order valence-corrected chi connectivity index (χ0v) is 27.3. The Morgan fingerprint density at radius 1 is 0.766 bits per heavy atom. The van der Waals surface area contributed by atoms with Gasteiger partial charge in [-0.2, -0.15) is 0 Å². The number of unbranched alkanes of at least 4 members (excludes halogenated alkanes) is 6. The summed E-state index contributed by atoms with van der Waals surface area (Å²) in [5.41, 5.74) is 1.77. The van der Waals surface area contributed by atoms with E-state index in [0.29, 0.717) is 43.8 Å². The van der Waals surface area contributed by atoms with Crippen LogP contribution in [0.25, 0.3) is 22.8 Å². The maximum Gasteiger partial charge on any atom is 0.326 e. The summed E-state index contributed by atoms with van der Waals surface area (Å²) < 4.78 is 6.09. The predicted molar refractivity (Wildman–Crippen MR) is 180 cm³/mol. The Bertz CT molecular complexity index is 1430. The van der Waals surface area contributed by atoms with Crippen LogP contribution in [0.15, 0.2) is 65.1 Å². The van der Waals surface area contributed by atoms with Crippen LogP contribution in [0.3, 0.4) is 0 Å². The zero-order chi connectivity index (χ0) is 33.4. The van der Waals surface area contributed by atoms with Crippen molar-refractivity contribution >= 4 is 23.7 Å². The van der Waals surface area contributed by atoms with Crippen molar-refractivity contribution in [1.29, 1.82) is 0 Å². The highest BCUT2D eigenvalue weighted by atomic mass is 16.4. The third-order valence-corrected chi connectivity index (χ3v) is 8.63. The fourth-order valence-electron chi connectivity index (χ4n) is 5.94. The SMILES string of the molecule is CCCCCCCCCC(=O)N[C@@H](CCC(=O)NC1CCC(NC(=O)c2nc(-c3ccccc3)oc2-c2ccccc2)CC1)C(=O)O. The lowest BCUT2D eigenvalue weighted by molar-refractivity contribution is -0.142. The molecule has 4 rings (SSSR count). The van der Waals surface area contributed by atoms with E-state index in [9.17, 15) is 24.3 Å². The van der Waals surface area contributed by atoms with Crippen molar-refractivity contribution in [2.75, 3.05) is 0 Å². The number of hydrogen-bond acceptors (Lipinski definition) is 6. The van der Waals surface area contributed by atoms with Crippen LogP contribution in [0.5, 0.6) is 0 Å². The number of carboxylic acid groups (broad SMARTS) is 1. The minimum absolute atomic E-state index is 0.00348. The summed E-state index contributed by atoms with van der Waals surface area (Å²) in [6, 6.07) is 17.6. The van der Waals surface area contributed by atoms with E-state index in [0.717, 1.165) is 36.8 Å². The normalized spacial score (nSPS) is 16.6. The van der Waals surface area contributed by atoms with E-state index in [1.807, 2.05) is 60.7 Å². The van der Waals surface area contributed by atoms with Gasteiger partial charge in [-0.15, -0.1) is 0 Å². The maximum atomic E-state index is 13.4. The molecule has 3 amide bonds. The van der Waals surface area contributed by atoms with E-state index in [2.05, 4.69) is 27.9 Å². The average Bonchev–Trinajstić information content (AvgIpc) is 3.54. The molecule has 0 bridgehead atoms. The molecule has 1 heterocycles. The molecule has 0 aliphatic heterocycles. The molecule has 1 aliphatic rings. The molecule has 0 radical (unpaired) electrons. The molecule has 47 heavy (non-hydrogen) atoms. The minimum atomic E-state index is -1.14. The quantitative estimate of drug-likeness (QED) is 0.113. The Balaban J connectivity index is 1.21. The minimum Gasteiger partial charge on any atom is -0.480 e. The second-order valence-electron chi connectivity index (χ2n) is 12.4. The highest BCUT2D eigenvalue weighted by molar-refractivity contribution is 5.98. The van der Waals surface area contributed by atoms with Gasteiger partial charge in [0.15, 0.2) is 11.5 Å². The second-order valence-corrected chi connectivity index (χ2v) is 12.4. The number of amides is 3. The van der Waals surface area contributed by atoms with Gasteiger partial charge < -0.3 is 25.5 Å². The predicted octanol–water partition coefficient (Wildman–Crippen LogP) is 6.66. The van der Waals surface area contributed by atoms with Gasteiger partial charge in [0.05, 0.1) is 0 Å². The van der Waals surface area contributed by atoms with Crippen LogP contribution in [0.4, 0.5) is 0 Å². The lowest BCUT2D eigenvalue weighted by atomic mass is 9.91. The smallest absolute Gasteiger partial charge is 0.326 e. The first-order valence-corrected chi connectivity index (χ1v) is 17.1. The summed E-state index contributed by atoms with van der Waals surface area (Å²) in [6.07, 6.45) is 10.6. The summed E-state index contributed by atoms with van der Waals surface area (Å²) in [6.45, 7) is 2.17. The van der Waals surface area contributed by atoms with Gasteiger partial charge in [0.25, 0.3) is 5.91 Å². The Morgan fingerprint density at radius 2 is 1.34 bits per heavy atom. The Morgan fingerprint density at radius 3 is 1.96 bits per heavy atom. The number of benzene rings is 2. The molecule has 1 saturated carbocycles. The van der Waals surface area contributed by atoms with Gasteiger partial charge in [-0.05, 0) is 50.7 Å². The van der Waals surface area contributed by atoms with Gasteiger partial charge in [-0.3, -0.25) is 14.4 Å². The maximum absolute atomic E-state index is 13.4. The molecular weight excluding hydrogens is 596 g/mol. The van der Waals surface area contributed by atoms with Crippen LogP contribution in [-0.4, -0.2) is 51.9 Å². The van der Waals surface area contributed by atoms with Gasteiger partial charge in [0.1, 0.15) is 6.04 Å². The van der Waals surface area contributed by atoms with E-state index < -0.39 is 12.0 Å². The van der Waals surface area contributed by atoms with Crippen molar-refractivity contribution in [2.24, 2.45) is 0 Å². The van der Waals surface area contributed by atoms with Gasteiger partial charge in [0, 0.05) is 36.1 Å². The molecule has 3 aromatic rings. The van der Waals surface area contributed by atoms with E-state index in [4.69, 9.17) is 4.42 Å². The molecule has 1 aromatic heterocycles. The third-order valence-electron chi connectivity index (χ3n) is 8.63. The molecular formula is C37H48N4O6. The van der Waals surface area contributed by atoms with Crippen molar-refractivity contribution in [2.45, 2.75) is 115 Å². The first-order chi connectivity index (χ1) is 22.8. The van der Waals surface area contributed by atoms with Gasteiger partial charge >= 0.3 is 5.97 Å². The van der Waals surface area contributed by atoms with Crippen molar-refractivity contribution in [1.82, 2.24) is 20.9 Å². The fourth-order valence-corrected chi connectivity index (χ4v) is 5.94. The van der Waals surface area contributed by atoms with Crippen molar-refractivity contribution in [3.05, 3.63) is 66.4 Å². The monoisotopic (exact) mass is 644 g/mol. The molecule has 4 N–H and O–H groups in total. The Labute approximate surface area is 277 Å². The van der Waals surface area contributed by atoms with Gasteiger partial charge in [-0.25, -0.2) is 9.78 Å². The van der Waals surface area contributed by atoms with E-state index in [-0.39, 0.29) is 48.3 Å². The largest absolute Gasteiger partial charge is 0.480 e. The third kappa shape index (κ3) is 11.4. The summed E-state index contributed by atoms with van der Waals surface area (Å²) in [5, 5.41) is 18.3. The van der Waals surface area contributed by atoms with Crippen molar-refractivity contribution in [3.8, 4) is 22.8 Å². The molecule has 0 saturated heterocycles. The second kappa shape index (κ2) is 18.6. The molecule has 1 fully saturated rings. The van der Waals surface area contributed by atoms with Crippen LogP contribution >= 0.6 is 0 Å². The van der Waals surface area contributed by atoms with Crippen LogP contribution in [0.2, 0.25) is 0 Å². The van der Waals surface area contributed by atoms with Crippen LogP contribution in [0, 0.1) is 0 Å². The Kier molecular flexibility index (Phi) is 14.0. The number of nitrogens with one attached hydrogen (secondary N) is 3. The van der Waals surface area contributed by atoms with Gasteiger partial charge in [0.2, 0.25) is 17.7 Å². The first-order valence-electron chi connectivity index (χ1n) is 17.1. The summed E-state index contributed by atoms with van der Waals surface area (Å²) in [4.78, 5) is 54.7. The zero-order valence-electron chi connectivity index (χ0n) is 27.3. The number of hydrogen-bond donors (Lipinski definition) is 4. The van der Waals surface area contributed by atoms with Crippen LogP contribution < -0.4 is 16.0 Å². The summed E-state index contributed by atoms with van der Waals surface area (Å²) in [7, 11) is 0. The number of nitrogens with zero attached hydrogens (tertiary/aromatic N) is 1. The molecule has 10 heteroatoms. The molecule has 2 aromatic carbocycles. The summed E-state index contributed by atoms with van der Waals surface area (Å²) >= 11 is 0.